The fourth-order valence-electron chi connectivity index (χ4n) is 6.60. The predicted molar refractivity (Wildman–Crippen MR) is 163 cm³/mol. The number of nitrogens with one attached hydrogen (secondary N) is 1. The fraction of sp³-hybridized carbons (Fsp3) is 0.371. The lowest BCUT2D eigenvalue weighted by molar-refractivity contribution is 0.0936. The molecule has 212 valence electrons. The molecule has 3 aromatic rings. The van der Waals surface area contributed by atoms with E-state index < -0.39 is 0 Å². The number of fused-ring (bicyclic) bond motifs is 3. The minimum atomic E-state index is -0.0760. The summed E-state index contributed by atoms with van der Waals surface area (Å²) < 4.78 is 10.5. The molecule has 2 aliphatic heterocycles. The number of benzene rings is 3. The Hall–Kier alpha value is -3.74. The van der Waals surface area contributed by atoms with Gasteiger partial charge >= 0.3 is 0 Å². The van der Waals surface area contributed by atoms with Gasteiger partial charge in [0.05, 0.1) is 24.8 Å². The van der Waals surface area contributed by atoms with Crippen molar-refractivity contribution < 1.29 is 14.3 Å². The number of ether oxygens (including phenoxy) is 2. The molecule has 6 nitrogen and oxygen atoms in total. The van der Waals surface area contributed by atoms with E-state index in [9.17, 15) is 4.79 Å². The summed E-state index contributed by atoms with van der Waals surface area (Å²) in [7, 11) is 3.36. The van der Waals surface area contributed by atoms with E-state index in [1.165, 1.54) is 34.8 Å². The Balaban J connectivity index is 1.10. The van der Waals surface area contributed by atoms with Crippen LogP contribution in [0.2, 0.25) is 0 Å². The molecule has 6 rings (SSSR count). The third kappa shape index (κ3) is 5.85. The van der Waals surface area contributed by atoms with Crippen molar-refractivity contribution in [2.24, 2.45) is 16.8 Å². The molecular formula is C35H39N3O3. The van der Waals surface area contributed by atoms with Crippen molar-refractivity contribution in [3.63, 3.8) is 0 Å². The molecule has 0 bridgehead atoms. The smallest absolute Gasteiger partial charge is 0.252 e. The highest BCUT2D eigenvalue weighted by Crippen LogP contribution is 2.35. The average Bonchev–Trinajstić information content (AvgIpc) is 3.37. The normalized spacial score (nSPS) is 18.8. The van der Waals surface area contributed by atoms with Gasteiger partial charge in [-0.25, -0.2) is 4.99 Å². The fourth-order valence-corrected chi connectivity index (χ4v) is 6.60. The quantitative estimate of drug-likeness (QED) is 0.391. The van der Waals surface area contributed by atoms with Gasteiger partial charge in [-0.3, -0.25) is 9.69 Å². The van der Waals surface area contributed by atoms with Gasteiger partial charge in [0, 0.05) is 36.6 Å². The van der Waals surface area contributed by atoms with Crippen molar-refractivity contribution in [2.75, 3.05) is 40.5 Å². The Morgan fingerprint density at radius 2 is 1.85 bits per heavy atom. The van der Waals surface area contributed by atoms with E-state index in [2.05, 4.69) is 59.6 Å². The Morgan fingerprint density at radius 3 is 2.66 bits per heavy atom. The van der Waals surface area contributed by atoms with Crippen LogP contribution in [-0.2, 0) is 11.3 Å². The van der Waals surface area contributed by atoms with Crippen LogP contribution in [0.5, 0.6) is 5.75 Å². The Bertz CT molecular complexity index is 1650. The molecule has 41 heavy (non-hydrogen) atoms. The number of methoxy groups -OCH3 is 2. The zero-order valence-electron chi connectivity index (χ0n) is 24.3. The average molecular weight is 550 g/mol. The number of hydrogen-bond donors (Lipinski definition) is 1. The van der Waals surface area contributed by atoms with Crippen molar-refractivity contribution in [1.29, 1.82) is 0 Å². The van der Waals surface area contributed by atoms with Gasteiger partial charge in [0.25, 0.3) is 5.91 Å². The van der Waals surface area contributed by atoms with Gasteiger partial charge < -0.3 is 14.8 Å². The van der Waals surface area contributed by atoms with Crippen LogP contribution in [0.15, 0.2) is 83.0 Å². The number of carbonyl (C=O) groups excluding carboxylic acids is 1. The number of carbonyl (C=O) groups is 1. The van der Waals surface area contributed by atoms with Gasteiger partial charge in [0.15, 0.2) is 0 Å². The van der Waals surface area contributed by atoms with Crippen LogP contribution in [0.25, 0.3) is 16.3 Å². The lowest BCUT2D eigenvalue weighted by Crippen LogP contribution is -2.36. The lowest BCUT2D eigenvalue weighted by Gasteiger charge is -2.33. The van der Waals surface area contributed by atoms with Gasteiger partial charge in [-0.15, -0.1) is 0 Å². The van der Waals surface area contributed by atoms with Gasteiger partial charge in [-0.1, -0.05) is 36.4 Å². The van der Waals surface area contributed by atoms with Crippen molar-refractivity contribution in [1.82, 2.24) is 10.2 Å². The van der Waals surface area contributed by atoms with Crippen LogP contribution in [0, 0.1) is 11.8 Å². The van der Waals surface area contributed by atoms with Crippen LogP contribution >= 0.6 is 0 Å². The number of hydrogen-bond acceptors (Lipinski definition) is 5. The molecule has 0 radical (unpaired) electrons. The van der Waals surface area contributed by atoms with Crippen molar-refractivity contribution in [3.8, 4) is 5.75 Å². The first-order valence-corrected chi connectivity index (χ1v) is 14.7. The van der Waals surface area contributed by atoms with E-state index in [1.54, 1.807) is 14.2 Å². The van der Waals surface area contributed by atoms with Crippen LogP contribution in [0.1, 0.15) is 42.1 Å². The first-order chi connectivity index (χ1) is 20.0. The van der Waals surface area contributed by atoms with E-state index >= 15 is 0 Å². The molecule has 1 saturated heterocycles. The van der Waals surface area contributed by atoms with Crippen LogP contribution in [-0.4, -0.2) is 51.3 Å². The van der Waals surface area contributed by atoms with Gasteiger partial charge in [0.2, 0.25) is 0 Å². The standard InChI is InChI=1S/C35H39N3O3/c1-23-17-26(20-32-33(23)34-30(5-4-6-31(34)37-32)35(39)36-13-16-40-2)18-24-11-14-38(15-12-24)22-25-7-8-27-9-10-29(41-3)21-28(27)19-25/h4-10,17,19-21,24,26H,11-16,18,22H2,1-3H3,(H,36,39). The van der Waals surface area contributed by atoms with E-state index in [0.717, 1.165) is 53.7 Å². The summed E-state index contributed by atoms with van der Waals surface area (Å²) >= 11 is 0. The third-order valence-electron chi connectivity index (χ3n) is 8.69. The molecule has 1 atom stereocenters. The third-order valence-corrected chi connectivity index (χ3v) is 8.69. The second-order valence-corrected chi connectivity index (χ2v) is 11.5. The molecule has 0 saturated carbocycles. The van der Waals surface area contributed by atoms with Crippen LogP contribution in [0.3, 0.4) is 0 Å². The molecule has 1 aliphatic carbocycles. The summed E-state index contributed by atoms with van der Waals surface area (Å²) in [4.78, 5) is 20.5. The molecule has 0 aromatic heterocycles. The maximum atomic E-state index is 12.9. The lowest BCUT2D eigenvalue weighted by atomic mass is 9.82. The molecule has 0 spiro atoms. The molecule has 2 heterocycles. The van der Waals surface area contributed by atoms with E-state index in [-0.39, 0.29) is 5.91 Å². The molecule has 1 N–H and O–H groups in total. The highest BCUT2D eigenvalue weighted by molar-refractivity contribution is 5.97. The zero-order valence-corrected chi connectivity index (χ0v) is 24.3. The van der Waals surface area contributed by atoms with Gasteiger partial charge in [0.1, 0.15) is 5.75 Å². The van der Waals surface area contributed by atoms with Crippen molar-refractivity contribution in [2.45, 2.75) is 32.7 Å². The number of allylic oxidation sites excluding steroid dienone is 3. The summed E-state index contributed by atoms with van der Waals surface area (Å²) in [5.74, 6) is 1.90. The predicted octanol–water partition coefficient (Wildman–Crippen LogP) is 4.77. The zero-order chi connectivity index (χ0) is 28.3. The Morgan fingerprint density at radius 1 is 1.02 bits per heavy atom. The Kier molecular flexibility index (Phi) is 8.04. The number of nitrogens with zero attached hydrogens (tertiary/aromatic N) is 2. The van der Waals surface area contributed by atoms with Crippen molar-refractivity contribution >= 4 is 22.3 Å². The second kappa shape index (κ2) is 12.0. The van der Waals surface area contributed by atoms with Gasteiger partial charge in [-0.2, -0.15) is 0 Å². The summed E-state index contributed by atoms with van der Waals surface area (Å²) in [6.45, 7) is 6.39. The first kappa shape index (κ1) is 27.4. The minimum Gasteiger partial charge on any atom is -0.497 e. The molecule has 6 heteroatoms. The highest BCUT2D eigenvalue weighted by atomic mass is 16.5. The monoisotopic (exact) mass is 549 g/mol. The van der Waals surface area contributed by atoms with E-state index in [0.29, 0.717) is 30.6 Å². The van der Waals surface area contributed by atoms with Gasteiger partial charge in [-0.05, 0) is 103 Å². The van der Waals surface area contributed by atoms with Crippen molar-refractivity contribution in [3.05, 3.63) is 99.7 Å². The molecule has 3 aromatic carbocycles. The maximum Gasteiger partial charge on any atom is 0.252 e. The number of rotatable bonds is 9. The maximum absolute atomic E-state index is 12.9. The van der Waals surface area contributed by atoms with E-state index in [1.807, 2.05) is 24.3 Å². The van der Waals surface area contributed by atoms with E-state index in [4.69, 9.17) is 14.5 Å². The minimum absolute atomic E-state index is 0.0760. The molecular weight excluding hydrogens is 510 g/mol. The van der Waals surface area contributed by atoms with Crippen LogP contribution in [0.4, 0.5) is 0 Å². The molecule has 1 amide bonds. The summed E-state index contributed by atoms with van der Waals surface area (Å²) in [6.07, 6.45) is 8.29. The SMILES string of the molecule is COCCNC(=O)c1cccc2c1=C1C(C)=CC(CC3CCN(Cc4ccc5ccc(OC)cc5c4)CC3)C=C1N=2. The van der Waals surface area contributed by atoms with Crippen LogP contribution < -0.4 is 20.6 Å². The molecule has 1 fully saturated rings. The summed E-state index contributed by atoms with van der Waals surface area (Å²) in [5.41, 5.74) is 5.39. The highest BCUT2D eigenvalue weighted by Gasteiger charge is 2.27. The molecule has 3 aliphatic rings. The number of amides is 1. The number of likely N-dealkylation sites (tertiary alicyclic amines) is 1. The largest absolute Gasteiger partial charge is 0.497 e. The topological polar surface area (TPSA) is 63.2 Å². The molecule has 1 unspecified atom stereocenters. The second-order valence-electron chi connectivity index (χ2n) is 11.5. The Labute approximate surface area is 242 Å². The summed E-state index contributed by atoms with van der Waals surface area (Å²) in [6, 6.07) is 18.9. The first-order valence-electron chi connectivity index (χ1n) is 14.7. The summed E-state index contributed by atoms with van der Waals surface area (Å²) in [5, 5.41) is 7.30. The number of piperidine rings is 1.